The molecule has 7 heteroatoms. The Bertz CT molecular complexity index is 459. The number of likely N-dealkylation sites (tertiary alicyclic amines) is 1. The van der Waals surface area contributed by atoms with Crippen molar-refractivity contribution in [1.29, 1.82) is 0 Å². The van der Waals surface area contributed by atoms with Crippen LogP contribution in [-0.4, -0.2) is 36.5 Å². The maximum atomic E-state index is 11.9. The van der Waals surface area contributed by atoms with Crippen LogP contribution in [0, 0.1) is 0 Å². The molecule has 106 valence electrons. The van der Waals surface area contributed by atoms with Crippen molar-refractivity contribution in [2.24, 2.45) is 5.73 Å². The third kappa shape index (κ3) is 5.04. The summed E-state index contributed by atoms with van der Waals surface area (Å²) in [5.41, 5.74) is 6.59. The normalized spacial score (nSPS) is 19.0. The van der Waals surface area contributed by atoms with Gasteiger partial charge in [0.15, 0.2) is 0 Å². The Labute approximate surface area is 135 Å². The minimum atomic E-state index is -0.00729. The maximum Gasteiger partial charge on any atom is 0.238 e. The predicted octanol–water partition coefficient (Wildman–Crippen LogP) is 2.60. The summed E-state index contributed by atoms with van der Waals surface area (Å²) in [7, 11) is 0. The quantitative estimate of drug-likeness (QED) is 0.801. The molecule has 1 fully saturated rings. The average molecular weight is 414 g/mol. The van der Waals surface area contributed by atoms with Crippen LogP contribution in [-0.2, 0) is 4.79 Å². The summed E-state index contributed by atoms with van der Waals surface area (Å²) >= 11 is 6.79. The number of anilines is 1. The molecule has 1 amide bonds. The highest BCUT2D eigenvalue weighted by Gasteiger charge is 2.21. The zero-order valence-electron chi connectivity index (χ0n) is 10.2. The number of carbonyl (C=O) groups is 1. The number of amides is 1. The highest BCUT2D eigenvalue weighted by molar-refractivity contribution is 9.11. The largest absolute Gasteiger partial charge is 0.326 e. The van der Waals surface area contributed by atoms with E-state index in [0.29, 0.717) is 6.54 Å². The number of rotatable bonds is 3. The number of nitrogens with two attached hydrogens (primary N) is 1. The molecular formula is C12H16Br2ClN3O. The lowest BCUT2D eigenvalue weighted by molar-refractivity contribution is -0.117. The lowest BCUT2D eigenvalue weighted by Crippen LogP contribution is -2.33. The monoisotopic (exact) mass is 411 g/mol. The molecular weight excluding hydrogens is 397 g/mol. The van der Waals surface area contributed by atoms with Crippen LogP contribution in [0.15, 0.2) is 27.1 Å². The van der Waals surface area contributed by atoms with Crippen LogP contribution in [0.2, 0.25) is 0 Å². The number of carbonyl (C=O) groups excluding carboxylic acids is 1. The van der Waals surface area contributed by atoms with E-state index in [2.05, 4.69) is 42.1 Å². The first kappa shape index (κ1) is 16.9. The molecule has 1 saturated heterocycles. The topological polar surface area (TPSA) is 58.4 Å². The Hall–Kier alpha value is -0.140. The van der Waals surface area contributed by atoms with E-state index < -0.39 is 0 Å². The smallest absolute Gasteiger partial charge is 0.238 e. The Morgan fingerprint density at radius 1 is 1.47 bits per heavy atom. The number of hydrogen-bond donors (Lipinski definition) is 2. The van der Waals surface area contributed by atoms with Crippen LogP contribution in [0.4, 0.5) is 5.69 Å². The van der Waals surface area contributed by atoms with Gasteiger partial charge in [-0.05, 0) is 40.5 Å². The summed E-state index contributed by atoms with van der Waals surface area (Å²) in [6.07, 6.45) is 0.968. The van der Waals surface area contributed by atoms with Crippen molar-refractivity contribution in [2.75, 3.05) is 25.0 Å². The van der Waals surface area contributed by atoms with E-state index in [1.54, 1.807) is 0 Å². The molecule has 0 aromatic heterocycles. The van der Waals surface area contributed by atoms with Gasteiger partial charge in [-0.25, -0.2) is 0 Å². The van der Waals surface area contributed by atoms with Crippen molar-refractivity contribution in [1.82, 2.24) is 4.90 Å². The molecule has 19 heavy (non-hydrogen) atoms. The van der Waals surface area contributed by atoms with E-state index in [4.69, 9.17) is 5.73 Å². The van der Waals surface area contributed by atoms with Gasteiger partial charge in [-0.1, -0.05) is 15.9 Å². The van der Waals surface area contributed by atoms with Crippen LogP contribution in [0.25, 0.3) is 0 Å². The van der Waals surface area contributed by atoms with Crippen LogP contribution >= 0.6 is 44.3 Å². The average Bonchev–Trinajstić information content (AvgIpc) is 2.68. The number of nitrogens with zero attached hydrogens (tertiary/aromatic N) is 1. The molecule has 0 radical (unpaired) electrons. The van der Waals surface area contributed by atoms with Crippen molar-refractivity contribution in [3.05, 3.63) is 27.1 Å². The van der Waals surface area contributed by atoms with Crippen LogP contribution in [0.3, 0.4) is 0 Å². The molecule has 4 nitrogen and oxygen atoms in total. The molecule has 0 spiro atoms. The molecule has 1 aromatic rings. The van der Waals surface area contributed by atoms with Crippen molar-refractivity contribution in [3.8, 4) is 0 Å². The first-order valence-corrected chi connectivity index (χ1v) is 7.36. The van der Waals surface area contributed by atoms with Gasteiger partial charge in [0.2, 0.25) is 5.91 Å². The minimum Gasteiger partial charge on any atom is -0.326 e. The Kier molecular flexibility index (Phi) is 6.76. The van der Waals surface area contributed by atoms with E-state index in [0.717, 1.165) is 34.1 Å². The second-order valence-corrected chi connectivity index (χ2v) is 6.23. The van der Waals surface area contributed by atoms with Gasteiger partial charge in [0.05, 0.1) is 12.2 Å². The third-order valence-electron chi connectivity index (χ3n) is 2.88. The van der Waals surface area contributed by atoms with E-state index >= 15 is 0 Å². The molecule has 0 aliphatic carbocycles. The van der Waals surface area contributed by atoms with Crippen molar-refractivity contribution < 1.29 is 4.79 Å². The maximum absolute atomic E-state index is 11.9. The van der Waals surface area contributed by atoms with Crippen molar-refractivity contribution >= 4 is 55.9 Å². The summed E-state index contributed by atoms with van der Waals surface area (Å²) in [6, 6.07) is 5.87. The molecule has 1 unspecified atom stereocenters. The first-order valence-electron chi connectivity index (χ1n) is 5.77. The number of nitrogens with one attached hydrogen (secondary N) is 1. The molecule has 1 aliphatic rings. The van der Waals surface area contributed by atoms with Crippen LogP contribution in [0.5, 0.6) is 0 Å². The molecule has 1 heterocycles. The fourth-order valence-corrected chi connectivity index (χ4v) is 3.14. The van der Waals surface area contributed by atoms with E-state index in [1.807, 2.05) is 18.2 Å². The lowest BCUT2D eigenvalue weighted by Gasteiger charge is -2.15. The highest BCUT2D eigenvalue weighted by Crippen LogP contribution is 2.26. The summed E-state index contributed by atoms with van der Waals surface area (Å²) in [6.45, 7) is 2.10. The van der Waals surface area contributed by atoms with Crippen LogP contribution in [0.1, 0.15) is 6.42 Å². The Morgan fingerprint density at radius 2 is 2.21 bits per heavy atom. The lowest BCUT2D eigenvalue weighted by atomic mass is 10.3. The van der Waals surface area contributed by atoms with E-state index in [9.17, 15) is 4.79 Å². The molecule has 1 aliphatic heterocycles. The summed E-state index contributed by atoms with van der Waals surface area (Å²) in [5, 5.41) is 2.89. The van der Waals surface area contributed by atoms with Gasteiger partial charge in [0.25, 0.3) is 0 Å². The second-order valence-electron chi connectivity index (χ2n) is 4.46. The fraction of sp³-hybridized carbons (Fsp3) is 0.417. The summed E-state index contributed by atoms with van der Waals surface area (Å²) in [5.74, 6) is -0.00729. The molecule has 2 rings (SSSR count). The molecule has 1 atom stereocenters. The molecule has 0 saturated carbocycles. The Balaban J connectivity index is 0.00000180. The zero-order valence-corrected chi connectivity index (χ0v) is 14.2. The van der Waals surface area contributed by atoms with Gasteiger partial charge in [-0.15, -0.1) is 12.4 Å². The van der Waals surface area contributed by atoms with Gasteiger partial charge in [-0.2, -0.15) is 0 Å². The van der Waals surface area contributed by atoms with Crippen molar-refractivity contribution in [2.45, 2.75) is 12.5 Å². The number of halogens is 3. The number of benzene rings is 1. The number of hydrogen-bond acceptors (Lipinski definition) is 3. The Morgan fingerprint density at radius 3 is 2.79 bits per heavy atom. The predicted molar refractivity (Wildman–Crippen MR) is 86.8 cm³/mol. The highest BCUT2D eigenvalue weighted by atomic mass is 79.9. The minimum absolute atomic E-state index is 0. The summed E-state index contributed by atoms with van der Waals surface area (Å²) in [4.78, 5) is 14.0. The SMILES string of the molecule is Cl.NC1CCN(CC(=O)Nc2ccc(Br)cc2Br)C1. The zero-order chi connectivity index (χ0) is 13.1. The first-order chi connectivity index (χ1) is 8.54. The molecule has 1 aromatic carbocycles. The van der Waals surface area contributed by atoms with Gasteiger partial charge < -0.3 is 11.1 Å². The van der Waals surface area contributed by atoms with E-state index in [-0.39, 0.29) is 24.4 Å². The standard InChI is InChI=1S/C12H15Br2N3O.ClH/c13-8-1-2-11(10(14)5-8)16-12(18)7-17-4-3-9(15)6-17;/h1-2,5,9H,3-4,6-7,15H2,(H,16,18);1H. The van der Waals surface area contributed by atoms with Gasteiger partial charge in [-0.3, -0.25) is 9.69 Å². The van der Waals surface area contributed by atoms with Gasteiger partial charge >= 0.3 is 0 Å². The van der Waals surface area contributed by atoms with E-state index in [1.165, 1.54) is 0 Å². The van der Waals surface area contributed by atoms with Gasteiger partial charge in [0.1, 0.15) is 0 Å². The third-order valence-corrected chi connectivity index (χ3v) is 4.03. The molecule has 0 bridgehead atoms. The van der Waals surface area contributed by atoms with Crippen molar-refractivity contribution in [3.63, 3.8) is 0 Å². The molecule has 3 N–H and O–H groups in total. The van der Waals surface area contributed by atoms with Gasteiger partial charge in [0, 0.05) is 28.1 Å². The summed E-state index contributed by atoms with van der Waals surface area (Å²) < 4.78 is 1.83. The fourth-order valence-electron chi connectivity index (χ4n) is 1.99. The van der Waals surface area contributed by atoms with Crippen LogP contribution < -0.4 is 11.1 Å². The second kappa shape index (κ2) is 7.59.